The van der Waals surface area contributed by atoms with Crippen LogP contribution in [0.4, 0.5) is 0 Å². The van der Waals surface area contributed by atoms with Crippen molar-refractivity contribution in [3.63, 3.8) is 0 Å². The summed E-state index contributed by atoms with van der Waals surface area (Å²) in [4.78, 5) is 36.9. The van der Waals surface area contributed by atoms with Crippen molar-refractivity contribution < 1.29 is 14.4 Å². The molecule has 0 heterocycles. The first-order chi connectivity index (χ1) is 16.2. The van der Waals surface area contributed by atoms with Gasteiger partial charge in [0, 0.05) is 17.9 Å². The van der Waals surface area contributed by atoms with Crippen molar-refractivity contribution in [3.8, 4) is 0 Å². The van der Waals surface area contributed by atoms with E-state index in [1.807, 2.05) is 38.1 Å². The topological polar surface area (TPSA) is 51.2 Å². The number of rotatable bonds is 9. The monoisotopic (exact) mass is 462 g/mol. The second-order valence-electron chi connectivity index (χ2n) is 10.0. The molecule has 3 unspecified atom stereocenters. The van der Waals surface area contributed by atoms with Gasteiger partial charge in [-0.25, -0.2) is 0 Å². The summed E-state index contributed by atoms with van der Waals surface area (Å²) in [5.74, 6) is 0.766. The summed E-state index contributed by atoms with van der Waals surface area (Å²) >= 11 is 0. The number of carbonyl (C=O) groups is 3. The summed E-state index contributed by atoms with van der Waals surface area (Å²) in [6.45, 7) is 11.9. The van der Waals surface area contributed by atoms with Gasteiger partial charge in [0.25, 0.3) is 0 Å². The van der Waals surface area contributed by atoms with Crippen LogP contribution >= 0.6 is 0 Å². The van der Waals surface area contributed by atoms with Gasteiger partial charge in [0.1, 0.15) is 11.6 Å². The molecule has 0 amide bonds. The van der Waals surface area contributed by atoms with Crippen LogP contribution in [0, 0.1) is 38.5 Å². The van der Waals surface area contributed by atoms with Gasteiger partial charge in [0.2, 0.25) is 0 Å². The molecular formula is C31H42O3. The van der Waals surface area contributed by atoms with Crippen LogP contribution in [0.3, 0.4) is 0 Å². The van der Waals surface area contributed by atoms with Crippen molar-refractivity contribution in [1.82, 2.24) is 0 Å². The average Bonchev–Trinajstić information content (AvgIpc) is 2.77. The third-order valence-corrected chi connectivity index (χ3v) is 7.08. The van der Waals surface area contributed by atoms with Crippen LogP contribution in [0.15, 0.2) is 42.5 Å². The van der Waals surface area contributed by atoms with Gasteiger partial charge in [0.15, 0.2) is 5.78 Å². The summed E-state index contributed by atoms with van der Waals surface area (Å²) in [6.07, 6.45) is 5.21. The minimum absolute atomic E-state index is 0.0451. The van der Waals surface area contributed by atoms with Crippen molar-refractivity contribution in [2.75, 3.05) is 0 Å². The largest absolute Gasteiger partial charge is 0.300 e. The first-order valence-corrected chi connectivity index (χ1v) is 12.8. The SMILES string of the molecule is CCCC(CC1CC(=O)c2c(C)ccc(C)c2C1)C(CC)C(=O)CC(C)=O.Cc1ccccc1. The molecule has 0 aliphatic heterocycles. The van der Waals surface area contributed by atoms with Gasteiger partial charge in [-0.2, -0.15) is 0 Å². The molecule has 0 bridgehead atoms. The highest BCUT2D eigenvalue weighted by Crippen LogP contribution is 2.37. The number of aryl methyl sites for hydroxylation is 3. The quantitative estimate of drug-likeness (QED) is 0.364. The highest BCUT2D eigenvalue weighted by molar-refractivity contribution is 6.00. The average molecular weight is 463 g/mol. The van der Waals surface area contributed by atoms with Crippen LogP contribution in [-0.2, 0) is 16.0 Å². The Morgan fingerprint density at radius 3 is 2.12 bits per heavy atom. The van der Waals surface area contributed by atoms with E-state index in [2.05, 4.69) is 39.0 Å². The lowest BCUT2D eigenvalue weighted by atomic mass is 9.71. The van der Waals surface area contributed by atoms with Crippen LogP contribution in [0.25, 0.3) is 0 Å². The van der Waals surface area contributed by atoms with Gasteiger partial charge < -0.3 is 0 Å². The molecule has 0 saturated heterocycles. The Balaban J connectivity index is 0.000000497. The number of hydrogen-bond donors (Lipinski definition) is 0. The van der Waals surface area contributed by atoms with Gasteiger partial charge in [-0.1, -0.05) is 74.7 Å². The Hall–Kier alpha value is -2.55. The van der Waals surface area contributed by atoms with Crippen LogP contribution in [0.2, 0.25) is 0 Å². The molecule has 3 heteroatoms. The van der Waals surface area contributed by atoms with E-state index in [1.54, 1.807) is 0 Å². The molecule has 0 radical (unpaired) electrons. The van der Waals surface area contributed by atoms with E-state index in [-0.39, 0.29) is 35.6 Å². The van der Waals surface area contributed by atoms with E-state index in [9.17, 15) is 14.4 Å². The summed E-state index contributed by atoms with van der Waals surface area (Å²) < 4.78 is 0. The molecule has 3 atom stereocenters. The lowest BCUT2D eigenvalue weighted by Crippen LogP contribution is -2.30. The molecule has 0 N–H and O–H groups in total. The lowest BCUT2D eigenvalue weighted by molar-refractivity contribution is -0.129. The Morgan fingerprint density at radius 2 is 1.59 bits per heavy atom. The fourth-order valence-corrected chi connectivity index (χ4v) is 5.43. The number of fused-ring (bicyclic) bond motifs is 1. The molecule has 0 aromatic heterocycles. The molecule has 3 rings (SSSR count). The van der Waals surface area contributed by atoms with Gasteiger partial charge >= 0.3 is 0 Å². The molecular weight excluding hydrogens is 420 g/mol. The molecule has 2 aromatic rings. The Bertz CT molecular complexity index is 974. The normalized spacial score (nSPS) is 16.6. The number of carbonyl (C=O) groups excluding carboxylic acids is 3. The molecule has 0 saturated carbocycles. The molecule has 0 spiro atoms. The molecule has 2 aromatic carbocycles. The molecule has 1 aliphatic rings. The minimum Gasteiger partial charge on any atom is -0.300 e. The third-order valence-electron chi connectivity index (χ3n) is 7.08. The standard InChI is InChI=1S/C24H34O3.C7H8/c1-6-8-19(20(7-2)22(26)11-17(5)25)12-18-13-21-15(3)9-10-16(4)24(21)23(27)14-18;1-7-5-3-2-4-6-7/h9-10,18-20H,6-8,11-14H2,1-5H3;2-6H,1H3. The Kier molecular flexibility index (Phi) is 10.9. The van der Waals surface area contributed by atoms with E-state index < -0.39 is 0 Å². The maximum atomic E-state index is 12.8. The summed E-state index contributed by atoms with van der Waals surface area (Å²) in [5, 5.41) is 0. The summed E-state index contributed by atoms with van der Waals surface area (Å²) in [6, 6.07) is 14.4. The van der Waals surface area contributed by atoms with E-state index >= 15 is 0 Å². The molecule has 34 heavy (non-hydrogen) atoms. The Morgan fingerprint density at radius 1 is 0.941 bits per heavy atom. The third kappa shape index (κ3) is 7.75. The summed E-state index contributed by atoms with van der Waals surface area (Å²) in [7, 11) is 0. The van der Waals surface area contributed by atoms with Crippen molar-refractivity contribution in [2.24, 2.45) is 17.8 Å². The Labute approximate surface area is 206 Å². The second kappa shape index (κ2) is 13.4. The van der Waals surface area contributed by atoms with Gasteiger partial charge in [-0.05, 0) is 75.5 Å². The predicted molar refractivity (Wildman–Crippen MR) is 140 cm³/mol. The lowest BCUT2D eigenvalue weighted by Gasteiger charge is -2.32. The maximum absolute atomic E-state index is 12.8. The molecule has 184 valence electrons. The van der Waals surface area contributed by atoms with Gasteiger partial charge in [-0.15, -0.1) is 0 Å². The highest BCUT2D eigenvalue weighted by atomic mass is 16.1. The van der Waals surface area contributed by atoms with E-state index in [4.69, 9.17) is 0 Å². The van der Waals surface area contributed by atoms with E-state index in [1.165, 1.54) is 23.6 Å². The van der Waals surface area contributed by atoms with Crippen molar-refractivity contribution >= 4 is 17.3 Å². The van der Waals surface area contributed by atoms with Crippen molar-refractivity contribution in [2.45, 2.75) is 86.5 Å². The number of hydrogen-bond acceptors (Lipinski definition) is 3. The van der Waals surface area contributed by atoms with E-state index in [0.29, 0.717) is 12.3 Å². The molecule has 0 fully saturated rings. The van der Waals surface area contributed by atoms with Crippen LogP contribution < -0.4 is 0 Å². The first kappa shape index (κ1) is 27.7. The van der Waals surface area contributed by atoms with E-state index in [0.717, 1.165) is 43.2 Å². The molecule has 3 nitrogen and oxygen atoms in total. The maximum Gasteiger partial charge on any atom is 0.163 e. The second-order valence-corrected chi connectivity index (χ2v) is 10.0. The van der Waals surface area contributed by atoms with Crippen LogP contribution in [-0.4, -0.2) is 17.3 Å². The zero-order chi connectivity index (χ0) is 25.3. The van der Waals surface area contributed by atoms with Gasteiger partial charge in [-0.3, -0.25) is 14.4 Å². The van der Waals surface area contributed by atoms with Gasteiger partial charge in [0.05, 0.1) is 6.42 Å². The zero-order valence-corrected chi connectivity index (χ0v) is 21.9. The predicted octanol–water partition coefficient (Wildman–Crippen LogP) is 7.42. The number of Topliss-reactive ketones (excluding diaryl/α,β-unsaturated/α-hetero) is 3. The fourth-order valence-electron chi connectivity index (χ4n) is 5.43. The smallest absolute Gasteiger partial charge is 0.163 e. The number of benzene rings is 2. The minimum atomic E-state index is -0.0658. The van der Waals surface area contributed by atoms with Crippen molar-refractivity contribution in [3.05, 3.63) is 70.3 Å². The molecule has 1 aliphatic carbocycles. The zero-order valence-electron chi connectivity index (χ0n) is 21.9. The summed E-state index contributed by atoms with van der Waals surface area (Å²) in [5.41, 5.74) is 5.72. The highest BCUT2D eigenvalue weighted by Gasteiger charge is 2.33. The van der Waals surface area contributed by atoms with Crippen LogP contribution in [0.5, 0.6) is 0 Å². The van der Waals surface area contributed by atoms with Crippen LogP contribution in [0.1, 0.15) is 91.9 Å². The first-order valence-electron chi connectivity index (χ1n) is 12.8. The number of ketones is 3. The fraction of sp³-hybridized carbons (Fsp3) is 0.516. The van der Waals surface area contributed by atoms with Crippen molar-refractivity contribution in [1.29, 1.82) is 0 Å².